The van der Waals surface area contributed by atoms with Crippen LogP contribution in [-0.4, -0.2) is 25.4 Å². The molecule has 1 atom stereocenters. The Hall–Kier alpha value is -1.64. The van der Waals surface area contributed by atoms with E-state index in [9.17, 15) is 13.2 Å². The molecule has 0 bridgehead atoms. The lowest BCUT2D eigenvalue weighted by molar-refractivity contribution is -0.121. The lowest BCUT2D eigenvalue weighted by Crippen LogP contribution is -2.33. The number of hydrogen-bond donors (Lipinski definition) is 2. The molecule has 1 aromatic carbocycles. The Morgan fingerprint density at radius 3 is 2.62 bits per heavy atom. The van der Waals surface area contributed by atoms with Crippen LogP contribution >= 0.6 is 22.9 Å². The molecule has 0 aliphatic rings. The van der Waals surface area contributed by atoms with Gasteiger partial charge in [0, 0.05) is 16.4 Å². The van der Waals surface area contributed by atoms with Crippen molar-refractivity contribution >= 4 is 44.0 Å². The van der Waals surface area contributed by atoms with Crippen LogP contribution in [0.4, 0.5) is 5.13 Å². The van der Waals surface area contributed by atoms with Gasteiger partial charge in [-0.1, -0.05) is 18.5 Å². The fourth-order valence-corrected chi connectivity index (χ4v) is 3.90. The largest absolute Gasteiger partial charge is 0.353 e. The number of thiazole rings is 1. The Labute approximate surface area is 150 Å². The summed E-state index contributed by atoms with van der Waals surface area (Å²) in [5.74, 6) is -0.137. The number of hydrogen-bond acceptors (Lipinski definition) is 5. The van der Waals surface area contributed by atoms with Gasteiger partial charge in [-0.15, -0.1) is 11.3 Å². The number of carbonyl (C=O) groups excluding carboxylic acids is 1. The molecule has 0 spiro atoms. The van der Waals surface area contributed by atoms with Gasteiger partial charge in [0.1, 0.15) is 0 Å². The fourth-order valence-electron chi connectivity index (χ4n) is 1.82. The Bertz CT molecular complexity index is 804. The Kier molecular flexibility index (Phi) is 6.20. The summed E-state index contributed by atoms with van der Waals surface area (Å²) in [7, 11) is -3.73. The van der Waals surface area contributed by atoms with Crippen molar-refractivity contribution in [3.63, 3.8) is 0 Å². The normalized spacial score (nSPS) is 12.6. The Balaban J connectivity index is 2.03. The predicted octanol–water partition coefficient (Wildman–Crippen LogP) is 3.05. The average Bonchev–Trinajstić information content (AvgIpc) is 2.93. The third-order valence-corrected chi connectivity index (χ3v) is 5.80. The number of amides is 1. The van der Waals surface area contributed by atoms with Crippen LogP contribution in [0.2, 0.25) is 5.02 Å². The van der Waals surface area contributed by atoms with Gasteiger partial charge in [0.2, 0.25) is 5.91 Å². The second-order valence-corrected chi connectivity index (χ2v) is 8.23. The van der Waals surface area contributed by atoms with Gasteiger partial charge in [-0.25, -0.2) is 13.4 Å². The summed E-state index contributed by atoms with van der Waals surface area (Å²) in [5.41, 5.74) is 0.523. The molecule has 1 aromatic heterocycles. The molecule has 0 saturated heterocycles. The maximum Gasteiger partial charge on any atom is 0.263 e. The molecule has 0 radical (unpaired) electrons. The van der Waals surface area contributed by atoms with Gasteiger partial charge in [0.15, 0.2) is 5.13 Å². The molecule has 2 rings (SSSR count). The summed E-state index contributed by atoms with van der Waals surface area (Å²) < 4.78 is 26.9. The van der Waals surface area contributed by atoms with E-state index in [-0.39, 0.29) is 28.4 Å². The zero-order chi connectivity index (χ0) is 17.7. The van der Waals surface area contributed by atoms with E-state index >= 15 is 0 Å². The molecule has 0 aliphatic heterocycles. The molecule has 1 heterocycles. The molecule has 0 aliphatic carbocycles. The highest BCUT2D eigenvalue weighted by molar-refractivity contribution is 7.93. The number of benzene rings is 1. The van der Waals surface area contributed by atoms with Crippen LogP contribution in [0.1, 0.15) is 26.0 Å². The number of carbonyl (C=O) groups is 1. The first-order valence-corrected chi connectivity index (χ1v) is 10.1. The monoisotopic (exact) mass is 387 g/mol. The second-order valence-electron chi connectivity index (χ2n) is 5.26. The summed E-state index contributed by atoms with van der Waals surface area (Å²) in [6, 6.07) is 5.93. The summed E-state index contributed by atoms with van der Waals surface area (Å²) in [6.07, 6.45) is 0.957. The van der Waals surface area contributed by atoms with Crippen LogP contribution in [0, 0.1) is 0 Å². The van der Waals surface area contributed by atoms with Crippen molar-refractivity contribution in [1.82, 2.24) is 10.3 Å². The topological polar surface area (TPSA) is 88.2 Å². The minimum atomic E-state index is -3.73. The van der Waals surface area contributed by atoms with E-state index in [1.165, 1.54) is 24.3 Å². The van der Waals surface area contributed by atoms with E-state index in [2.05, 4.69) is 15.0 Å². The first-order chi connectivity index (χ1) is 11.3. The molecular weight excluding hydrogens is 370 g/mol. The molecule has 24 heavy (non-hydrogen) atoms. The zero-order valence-electron chi connectivity index (χ0n) is 13.2. The van der Waals surface area contributed by atoms with Gasteiger partial charge in [-0.2, -0.15) is 0 Å². The van der Waals surface area contributed by atoms with E-state index in [1.807, 2.05) is 13.8 Å². The molecule has 2 aromatic rings. The lowest BCUT2D eigenvalue weighted by atomic mass is 10.2. The molecule has 2 N–H and O–H groups in total. The van der Waals surface area contributed by atoms with Crippen LogP contribution in [0.5, 0.6) is 0 Å². The summed E-state index contributed by atoms with van der Waals surface area (Å²) in [5, 5.41) is 5.18. The van der Waals surface area contributed by atoms with E-state index < -0.39 is 10.0 Å². The van der Waals surface area contributed by atoms with Crippen molar-refractivity contribution in [2.75, 3.05) is 4.72 Å². The average molecular weight is 388 g/mol. The number of rotatable bonds is 7. The number of aromatic nitrogens is 1. The number of nitrogens with zero attached hydrogens (tertiary/aromatic N) is 1. The van der Waals surface area contributed by atoms with Crippen molar-refractivity contribution in [1.29, 1.82) is 0 Å². The molecule has 1 amide bonds. The van der Waals surface area contributed by atoms with Crippen LogP contribution in [0.15, 0.2) is 34.5 Å². The number of anilines is 1. The van der Waals surface area contributed by atoms with Crippen molar-refractivity contribution < 1.29 is 13.2 Å². The quantitative estimate of drug-likeness (QED) is 0.764. The zero-order valence-corrected chi connectivity index (χ0v) is 15.6. The van der Waals surface area contributed by atoms with Crippen LogP contribution in [-0.2, 0) is 21.2 Å². The first kappa shape index (κ1) is 18.7. The first-order valence-electron chi connectivity index (χ1n) is 7.32. The van der Waals surface area contributed by atoms with Crippen molar-refractivity contribution in [2.45, 2.75) is 37.6 Å². The minimum absolute atomic E-state index is 0.0955. The van der Waals surface area contributed by atoms with Gasteiger partial charge in [-0.05, 0) is 37.6 Å². The molecule has 0 fully saturated rings. The molecule has 6 nitrogen and oxygen atoms in total. The SMILES string of the molecule is CCC(C)NC(=O)Cc1csc(NS(=O)(=O)c2ccc(Cl)cc2)n1. The summed E-state index contributed by atoms with van der Waals surface area (Å²) >= 11 is 6.89. The van der Waals surface area contributed by atoms with Gasteiger partial charge in [-0.3, -0.25) is 9.52 Å². The van der Waals surface area contributed by atoms with E-state index in [0.29, 0.717) is 10.7 Å². The number of nitrogens with one attached hydrogen (secondary N) is 2. The molecule has 1 unspecified atom stereocenters. The highest BCUT2D eigenvalue weighted by Gasteiger charge is 2.17. The van der Waals surface area contributed by atoms with Crippen molar-refractivity contribution in [3.8, 4) is 0 Å². The minimum Gasteiger partial charge on any atom is -0.353 e. The maximum absolute atomic E-state index is 12.3. The molecule has 130 valence electrons. The maximum atomic E-state index is 12.3. The van der Waals surface area contributed by atoms with Gasteiger partial charge >= 0.3 is 0 Å². The standard InChI is InChI=1S/C15H18ClN3O3S2/c1-3-10(2)17-14(20)8-12-9-23-15(18-12)19-24(21,22)13-6-4-11(16)5-7-13/h4-7,9-10H,3,8H2,1-2H3,(H,17,20)(H,18,19). The van der Waals surface area contributed by atoms with Crippen LogP contribution in [0.3, 0.4) is 0 Å². The van der Waals surface area contributed by atoms with Gasteiger partial charge in [0.05, 0.1) is 17.0 Å². The summed E-state index contributed by atoms with van der Waals surface area (Å²) in [6.45, 7) is 3.90. The lowest BCUT2D eigenvalue weighted by Gasteiger charge is -2.10. The number of halogens is 1. The third kappa shape index (κ3) is 5.19. The predicted molar refractivity (Wildman–Crippen MR) is 96.0 cm³/mol. The Morgan fingerprint density at radius 2 is 2.00 bits per heavy atom. The fraction of sp³-hybridized carbons (Fsp3) is 0.333. The van der Waals surface area contributed by atoms with Crippen molar-refractivity contribution in [3.05, 3.63) is 40.4 Å². The molecular formula is C15H18ClN3O3S2. The highest BCUT2D eigenvalue weighted by Crippen LogP contribution is 2.21. The van der Waals surface area contributed by atoms with E-state index in [1.54, 1.807) is 5.38 Å². The smallest absolute Gasteiger partial charge is 0.263 e. The molecule has 9 heteroatoms. The number of sulfonamides is 1. The molecule has 0 saturated carbocycles. The van der Waals surface area contributed by atoms with Crippen LogP contribution < -0.4 is 10.0 Å². The summed E-state index contributed by atoms with van der Waals surface area (Å²) in [4.78, 5) is 16.1. The van der Waals surface area contributed by atoms with Gasteiger partial charge in [0.25, 0.3) is 10.0 Å². The van der Waals surface area contributed by atoms with Gasteiger partial charge < -0.3 is 5.32 Å². The third-order valence-electron chi connectivity index (χ3n) is 3.26. The Morgan fingerprint density at radius 1 is 1.33 bits per heavy atom. The van der Waals surface area contributed by atoms with E-state index in [0.717, 1.165) is 17.8 Å². The highest BCUT2D eigenvalue weighted by atomic mass is 35.5. The van der Waals surface area contributed by atoms with Crippen LogP contribution in [0.25, 0.3) is 0 Å². The van der Waals surface area contributed by atoms with Crippen molar-refractivity contribution in [2.24, 2.45) is 0 Å². The van der Waals surface area contributed by atoms with E-state index in [4.69, 9.17) is 11.6 Å². The second kappa shape index (κ2) is 7.96.